The number of hydrogen-bond acceptors (Lipinski definition) is 3. The molecule has 0 rings (SSSR count). The first-order chi connectivity index (χ1) is 3.27. The van der Waals surface area contributed by atoms with Crippen LogP contribution in [-0.4, -0.2) is 17.5 Å². The molecule has 0 saturated carbocycles. The molecular formula is C3H7NOS2. The van der Waals surface area contributed by atoms with Crippen LogP contribution < -0.4 is 5.32 Å². The summed E-state index contributed by atoms with van der Waals surface area (Å²) in [5.41, 5.74) is 0. The molecule has 0 aromatic rings. The third kappa shape index (κ3) is 6.17. The summed E-state index contributed by atoms with van der Waals surface area (Å²) >= 11 is 7.75. The molecule has 2 nitrogen and oxygen atoms in total. The van der Waals surface area contributed by atoms with Crippen molar-refractivity contribution in [3.63, 3.8) is 0 Å². The Morgan fingerprint density at radius 2 is 2.29 bits per heavy atom. The molecule has 0 saturated heterocycles. The molecule has 7 heavy (non-hydrogen) atoms. The number of thiol groups is 2. The largest absolute Gasteiger partial charge is 0.357 e. The molecule has 0 heterocycles. The van der Waals surface area contributed by atoms with Crippen LogP contribution in [0.15, 0.2) is 0 Å². The molecule has 0 unspecified atom stereocenters. The van der Waals surface area contributed by atoms with E-state index in [0.29, 0.717) is 13.0 Å². The number of amides is 1. The van der Waals surface area contributed by atoms with Crippen molar-refractivity contribution in [1.82, 2.24) is 5.32 Å². The first-order valence-electron chi connectivity index (χ1n) is 1.80. The molecule has 0 aliphatic heterocycles. The van der Waals surface area contributed by atoms with E-state index in [0.717, 1.165) is 0 Å². The van der Waals surface area contributed by atoms with Gasteiger partial charge >= 0.3 is 0 Å². The zero-order valence-electron chi connectivity index (χ0n) is 3.66. The van der Waals surface area contributed by atoms with Gasteiger partial charge in [-0.05, 0) is 0 Å². The Kier molecular flexibility index (Phi) is 4.44. The minimum absolute atomic E-state index is 0.0507. The molecule has 0 fully saturated rings. The van der Waals surface area contributed by atoms with Crippen molar-refractivity contribution < 1.29 is 4.79 Å². The number of carbonyl (C=O) groups excluding carboxylic acids is 1. The minimum atomic E-state index is -0.0507. The Hall–Kier alpha value is 0.170. The Labute approximate surface area is 53.5 Å². The first-order valence-corrected chi connectivity index (χ1v) is 2.84. The topological polar surface area (TPSA) is 29.1 Å². The second-order valence-electron chi connectivity index (χ2n) is 1.01. The van der Waals surface area contributed by atoms with Gasteiger partial charge in [-0.2, -0.15) is 25.3 Å². The van der Waals surface area contributed by atoms with Gasteiger partial charge in [0.15, 0.2) is 0 Å². The summed E-state index contributed by atoms with van der Waals surface area (Å²) in [6.07, 6.45) is 0.624. The lowest BCUT2D eigenvalue weighted by Crippen LogP contribution is -2.17. The second-order valence-corrected chi connectivity index (χ2v) is 2.66. The fourth-order valence-corrected chi connectivity index (χ4v) is 0.364. The molecule has 42 valence electrons. The smallest absolute Gasteiger partial charge is 0.207 e. The second kappa shape index (κ2) is 4.33. The Morgan fingerprint density at radius 3 is 2.43 bits per heavy atom. The highest BCUT2D eigenvalue weighted by Crippen LogP contribution is 1.94. The number of hydrogen-bond donors (Lipinski definition) is 3. The lowest BCUT2D eigenvalue weighted by atomic mass is 10.7. The zero-order valence-corrected chi connectivity index (χ0v) is 5.45. The summed E-state index contributed by atoms with van der Waals surface area (Å²) in [5.74, 6) is 0. The van der Waals surface area contributed by atoms with Crippen molar-refractivity contribution in [3.8, 4) is 0 Å². The Balaban J connectivity index is 2.81. The maximum Gasteiger partial charge on any atom is 0.207 e. The first kappa shape index (κ1) is 7.17. The number of nitrogens with one attached hydrogen (secondary N) is 1. The highest BCUT2D eigenvalue weighted by atomic mass is 32.2. The summed E-state index contributed by atoms with van der Waals surface area (Å²) in [6.45, 7) is 0.510. The molecule has 0 spiro atoms. The molecule has 0 aromatic heterocycles. The maximum atomic E-state index is 9.53. The van der Waals surface area contributed by atoms with Gasteiger partial charge in [0.1, 0.15) is 0 Å². The van der Waals surface area contributed by atoms with E-state index in [-0.39, 0.29) is 4.58 Å². The van der Waals surface area contributed by atoms with Crippen molar-refractivity contribution in [2.45, 2.75) is 4.58 Å². The van der Waals surface area contributed by atoms with Gasteiger partial charge in [0.25, 0.3) is 0 Å². The third-order valence-electron chi connectivity index (χ3n) is 0.384. The monoisotopic (exact) mass is 137 g/mol. The van der Waals surface area contributed by atoms with E-state index in [1.165, 1.54) is 0 Å². The molecule has 0 radical (unpaired) electrons. The van der Waals surface area contributed by atoms with Gasteiger partial charge in [-0.25, -0.2) is 0 Å². The van der Waals surface area contributed by atoms with E-state index < -0.39 is 0 Å². The molecule has 1 N–H and O–H groups in total. The summed E-state index contributed by atoms with van der Waals surface area (Å²) < 4.78 is -0.0507. The van der Waals surface area contributed by atoms with Crippen LogP contribution in [0.2, 0.25) is 0 Å². The Morgan fingerprint density at radius 1 is 1.71 bits per heavy atom. The van der Waals surface area contributed by atoms with Gasteiger partial charge in [0, 0.05) is 6.54 Å². The van der Waals surface area contributed by atoms with Gasteiger partial charge in [-0.15, -0.1) is 0 Å². The van der Waals surface area contributed by atoms with Gasteiger partial charge in [-0.1, -0.05) is 0 Å². The van der Waals surface area contributed by atoms with Crippen LogP contribution >= 0.6 is 25.3 Å². The number of carbonyl (C=O) groups is 1. The van der Waals surface area contributed by atoms with Gasteiger partial charge in [0.2, 0.25) is 6.41 Å². The van der Waals surface area contributed by atoms with Crippen LogP contribution in [0.3, 0.4) is 0 Å². The van der Waals surface area contributed by atoms with Crippen LogP contribution in [0.4, 0.5) is 0 Å². The van der Waals surface area contributed by atoms with Crippen LogP contribution in [-0.2, 0) is 4.79 Å². The van der Waals surface area contributed by atoms with Crippen molar-refractivity contribution in [2.75, 3.05) is 6.54 Å². The molecular weight excluding hydrogens is 130 g/mol. The highest BCUT2D eigenvalue weighted by Gasteiger charge is 1.88. The zero-order chi connectivity index (χ0) is 5.70. The average Bonchev–Trinajstić information content (AvgIpc) is 1.61. The summed E-state index contributed by atoms with van der Waals surface area (Å²) in [4.78, 5) is 9.53. The lowest BCUT2D eigenvalue weighted by molar-refractivity contribution is -0.109. The predicted molar refractivity (Wildman–Crippen MR) is 35.8 cm³/mol. The molecule has 4 heteroatoms. The van der Waals surface area contributed by atoms with E-state index in [4.69, 9.17) is 0 Å². The quantitative estimate of drug-likeness (QED) is 0.283. The molecule has 0 aliphatic rings. The van der Waals surface area contributed by atoms with Crippen molar-refractivity contribution in [1.29, 1.82) is 0 Å². The molecule has 1 amide bonds. The molecule has 0 bridgehead atoms. The van der Waals surface area contributed by atoms with Crippen LogP contribution in [0.25, 0.3) is 0 Å². The van der Waals surface area contributed by atoms with Gasteiger partial charge in [0.05, 0.1) is 4.58 Å². The fourth-order valence-electron chi connectivity index (χ4n) is 0.154. The minimum Gasteiger partial charge on any atom is -0.357 e. The normalized spacial score (nSPS) is 9.00. The summed E-state index contributed by atoms with van der Waals surface area (Å²) in [6, 6.07) is 0. The van der Waals surface area contributed by atoms with Crippen LogP contribution in [0, 0.1) is 0 Å². The van der Waals surface area contributed by atoms with Gasteiger partial charge in [-0.3, -0.25) is 4.79 Å². The van der Waals surface area contributed by atoms with Gasteiger partial charge < -0.3 is 5.32 Å². The van der Waals surface area contributed by atoms with E-state index in [9.17, 15) is 4.79 Å². The predicted octanol–water partition coefficient (Wildman–Crippen LogP) is -0.0819. The van der Waals surface area contributed by atoms with E-state index >= 15 is 0 Å². The van der Waals surface area contributed by atoms with E-state index in [1.807, 2.05) is 0 Å². The maximum absolute atomic E-state index is 9.53. The van der Waals surface area contributed by atoms with E-state index in [1.54, 1.807) is 0 Å². The third-order valence-corrected chi connectivity index (χ3v) is 0.749. The van der Waals surface area contributed by atoms with Crippen molar-refractivity contribution >= 4 is 31.7 Å². The Bertz CT molecular complexity index is 56.9. The van der Waals surface area contributed by atoms with Crippen molar-refractivity contribution in [3.05, 3.63) is 0 Å². The highest BCUT2D eigenvalue weighted by molar-refractivity contribution is 7.99. The fraction of sp³-hybridized carbons (Fsp3) is 0.667. The standard InChI is InChI=1S/C3H7NOS2/c5-2-4-1-3(6)7/h2-3,6-7H,1H2,(H,4,5). The number of rotatable bonds is 3. The molecule has 0 aromatic carbocycles. The molecule has 0 atom stereocenters. The SMILES string of the molecule is O=CNCC(S)S. The van der Waals surface area contributed by atoms with Crippen LogP contribution in [0.1, 0.15) is 0 Å². The van der Waals surface area contributed by atoms with Crippen LogP contribution in [0.5, 0.6) is 0 Å². The summed E-state index contributed by atoms with van der Waals surface area (Å²) in [5, 5.41) is 2.41. The summed E-state index contributed by atoms with van der Waals surface area (Å²) in [7, 11) is 0. The molecule has 0 aliphatic carbocycles. The van der Waals surface area contributed by atoms with Crippen molar-refractivity contribution in [2.24, 2.45) is 0 Å². The van der Waals surface area contributed by atoms with E-state index in [2.05, 4.69) is 30.6 Å². The average molecular weight is 137 g/mol. The lowest BCUT2D eigenvalue weighted by Gasteiger charge is -1.97.